The topological polar surface area (TPSA) is 73.8 Å². The number of amidine groups is 2. The van der Waals surface area contributed by atoms with Gasteiger partial charge in [0.05, 0.1) is 11.1 Å². The molecular formula is C19H17N5OS. The number of aromatic nitrogens is 1. The van der Waals surface area contributed by atoms with Crippen LogP contribution in [0, 0.1) is 5.41 Å². The molecule has 0 unspecified atom stereocenters. The van der Waals surface area contributed by atoms with Gasteiger partial charge < -0.3 is 4.57 Å². The smallest absolute Gasteiger partial charge is 0.283 e. The average molecular weight is 363 g/mol. The van der Waals surface area contributed by atoms with Crippen molar-refractivity contribution in [1.82, 2.24) is 9.58 Å². The van der Waals surface area contributed by atoms with Gasteiger partial charge in [0.15, 0.2) is 11.0 Å². The van der Waals surface area contributed by atoms with Crippen LogP contribution >= 0.6 is 11.8 Å². The van der Waals surface area contributed by atoms with E-state index in [-0.39, 0.29) is 11.4 Å². The van der Waals surface area contributed by atoms with Crippen molar-refractivity contribution in [3.05, 3.63) is 59.4 Å². The van der Waals surface area contributed by atoms with E-state index in [1.165, 1.54) is 22.3 Å². The second-order valence-electron chi connectivity index (χ2n) is 6.31. The maximum absolute atomic E-state index is 12.3. The third-order valence-corrected chi connectivity index (χ3v) is 4.98. The lowest BCUT2D eigenvalue weighted by Gasteiger charge is -2.20. The predicted octanol–water partition coefficient (Wildman–Crippen LogP) is 3.85. The van der Waals surface area contributed by atoms with E-state index in [1.54, 1.807) is 11.6 Å². The van der Waals surface area contributed by atoms with E-state index in [9.17, 15) is 4.79 Å². The summed E-state index contributed by atoms with van der Waals surface area (Å²) >= 11 is 1.24. The number of nitrogens with zero attached hydrogens (tertiary/aromatic N) is 4. The molecule has 6 nitrogen and oxygen atoms in total. The standard InChI is InChI=1S/C19H17N5OS/c1-12(2)13-5-7-14(8-6-13)23-9-3-4-15(23)10-16-17(20)24-19(22-18(16)25)26-11-21-24/h3-12,20H,1-2H3/b16-10-,20-17?. The zero-order valence-corrected chi connectivity index (χ0v) is 15.2. The SMILES string of the molecule is CC(C)c1ccc(-n2cccc2/C=C2/C(=N)N3N=CSC3=NC2=O)cc1. The molecule has 0 saturated heterocycles. The second-order valence-corrected chi connectivity index (χ2v) is 7.12. The minimum atomic E-state index is -0.415. The fourth-order valence-electron chi connectivity index (χ4n) is 2.85. The largest absolute Gasteiger partial charge is 0.317 e. The lowest BCUT2D eigenvalue weighted by Crippen LogP contribution is -2.35. The Labute approximate surface area is 155 Å². The molecule has 0 aliphatic carbocycles. The van der Waals surface area contributed by atoms with Crippen LogP contribution in [0.25, 0.3) is 11.8 Å². The van der Waals surface area contributed by atoms with Gasteiger partial charge in [-0.1, -0.05) is 26.0 Å². The van der Waals surface area contributed by atoms with Gasteiger partial charge in [0.2, 0.25) is 0 Å². The minimum absolute atomic E-state index is 0.0455. The number of benzene rings is 1. The number of hydrogen-bond donors (Lipinski definition) is 1. The number of carbonyl (C=O) groups is 1. The number of thioether (sulfide) groups is 1. The summed E-state index contributed by atoms with van der Waals surface area (Å²) in [6, 6.07) is 12.2. The maximum atomic E-state index is 12.3. The molecule has 1 N–H and O–H groups in total. The molecule has 3 heterocycles. The van der Waals surface area contributed by atoms with E-state index in [1.807, 2.05) is 22.9 Å². The van der Waals surface area contributed by atoms with E-state index in [4.69, 9.17) is 5.41 Å². The Kier molecular flexibility index (Phi) is 4.08. The van der Waals surface area contributed by atoms with Crippen molar-refractivity contribution >= 4 is 40.3 Å². The summed E-state index contributed by atoms with van der Waals surface area (Å²) in [5.74, 6) is 0.105. The Hall–Kier alpha value is -2.93. The van der Waals surface area contributed by atoms with Crippen LogP contribution in [0.15, 0.2) is 58.3 Å². The Morgan fingerprint density at radius 2 is 1.96 bits per heavy atom. The van der Waals surface area contributed by atoms with E-state index in [0.717, 1.165) is 11.4 Å². The zero-order valence-electron chi connectivity index (χ0n) is 14.4. The number of fused-ring (bicyclic) bond motifs is 1. The van der Waals surface area contributed by atoms with Gasteiger partial charge in [-0.05, 0) is 53.6 Å². The molecule has 26 heavy (non-hydrogen) atoms. The summed E-state index contributed by atoms with van der Waals surface area (Å²) < 4.78 is 1.99. The van der Waals surface area contributed by atoms with Gasteiger partial charge in [-0.3, -0.25) is 10.2 Å². The lowest BCUT2D eigenvalue weighted by atomic mass is 10.0. The number of hydrazone groups is 1. The third-order valence-electron chi connectivity index (χ3n) is 4.31. The van der Waals surface area contributed by atoms with E-state index >= 15 is 0 Å². The normalized spacial score (nSPS) is 18.0. The molecule has 2 aliphatic rings. The van der Waals surface area contributed by atoms with Gasteiger partial charge in [-0.15, -0.1) is 0 Å². The Morgan fingerprint density at radius 3 is 2.69 bits per heavy atom. The number of rotatable bonds is 3. The zero-order chi connectivity index (χ0) is 18.3. The fourth-order valence-corrected chi connectivity index (χ4v) is 3.46. The first-order valence-electron chi connectivity index (χ1n) is 8.25. The van der Waals surface area contributed by atoms with Crippen molar-refractivity contribution in [2.24, 2.45) is 10.1 Å². The highest BCUT2D eigenvalue weighted by Gasteiger charge is 2.32. The van der Waals surface area contributed by atoms with Gasteiger partial charge in [0.1, 0.15) is 0 Å². The van der Waals surface area contributed by atoms with Gasteiger partial charge in [-0.25, -0.2) is 0 Å². The Balaban J connectivity index is 1.71. The summed E-state index contributed by atoms with van der Waals surface area (Å²) in [6.07, 6.45) is 3.63. The van der Waals surface area contributed by atoms with Crippen molar-refractivity contribution in [2.45, 2.75) is 19.8 Å². The Bertz CT molecular complexity index is 982. The highest BCUT2D eigenvalue weighted by atomic mass is 32.2. The average Bonchev–Trinajstić information content (AvgIpc) is 3.27. The third kappa shape index (κ3) is 2.80. The van der Waals surface area contributed by atoms with Gasteiger partial charge in [-0.2, -0.15) is 15.1 Å². The highest BCUT2D eigenvalue weighted by molar-refractivity contribution is 8.25. The number of nitrogens with one attached hydrogen (secondary N) is 1. The van der Waals surface area contributed by atoms with Crippen molar-refractivity contribution in [2.75, 3.05) is 0 Å². The molecule has 0 fully saturated rings. The van der Waals surface area contributed by atoms with Gasteiger partial charge >= 0.3 is 0 Å². The number of hydrogen-bond acceptors (Lipinski definition) is 4. The van der Waals surface area contributed by atoms with Crippen molar-refractivity contribution in [3.63, 3.8) is 0 Å². The second kappa shape index (κ2) is 6.42. The number of carbonyl (C=O) groups excluding carboxylic acids is 1. The molecule has 2 aliphatic heterocycles. The van der Waals surface area contributed by atoms with E-state index < -0.39 is 5.91 Å². The quantitative estimate of drug-likeness (QED) is 0.842. The molecule has 1 amide bonds. The fraction of sp³-hybridized carbons (Fsp3) is 0.158. The van der Waals surface area contributed by atoms with Crippen molar-refractivity contribution in [3.8, 4) is 5.69 Å². The monoisotopic (exact) mass is 363 g/mol. The van der Waals surface area contributed by atoms with E-state index in [2.05, 4.69) is 48.2 Å². The van der Waals surface area contributed by atoms with Gasteiger partial charge in [0.25, 0.3) is 5.91 Å². The van der Waals surface area contributed by atoms with Crippen LogP contribution in [0.4, 0.5) is 0 Å². The first kappa shape index (κ1) is 16.5. The van der Waals surface area contributed by atoms with Crippen LogP contribution in [0.3, 0.4) is 0 Å². The van der Waals surface area contributed by atoms with Crippen LogP contribution in [0.2, 0.25) is 0 Å². The molecule has 7 heteroatoms. The summed E-state index contributed by atoms with van der Waals surface area (Å²) in [7, 11) is 0. The molecular weight excluding hydrogens is 346 g/mol. The molecule has 0 radical (unpaired) electrons. The molecule has 130 valence electrons. The molecule has 1 aromatic carbocycles. The van der Waals surface area contributed by atoms with Crippen LogP contribution in [0.5, 0.6) is 0 Å². The minimum Gasteiger partial charge on any atom is -0.317 e. The molecule has 4 rings (SSSR count). The Morgan fingerprint density at radius 1 is 1.19 bits per heavy atom. The molecule has 0 atom stereocenters. The molecule has 0 bridgehead atoms. The summed E-state index contributed by atoms with van der Waals surface area (Å²) in [5, 5.41) is 14.2. The van der Waals surface area contributed by atoms with E-state index in [0.29, 0.717) is 11.1 Å². The summed E-state index contributed by atoms with van der Waals surface area (Å²) in [5.41, 5.74) is 4.89. The molecule has 0 spiro atoms. The molecule has 0 saturated carbocycles. The van der Waals surface area contributed by atoms with Crippen LogP contribution in [-0.4, -0.2) is 32.0 Å². The number of amides is 1. The first-order chi connectivity index (χ1) is 12.5. The summed E-state index contributed by atoms with van der Waals surface area (Å²) in [6.45, 7) is 4.32. The van der Waals surface area contributed by atoms with Crippen LogP contribution in [0.1, 0.15) is 31.0 Å². The predicted molar refractivity (Wildman–Crippen MR) is 106 cm³/mol. The van der Waals surface area contributed by atoms with Gasteiger partial charge in [0, 0.05) is 17.6 Å². The van der Waals surface area contributed by atoms with Crippen LogP contribution < -0.4 is 0 Å². The molecule has 2 aromatic rings. The number of aliphatic imine (C=N–C) groups is 1. The first-order valence-corrected chi connectivity index (χ1v) is 9.13. The summed E-state index contributed by atoms with van der Waals surface area (Å²) in [4.78, 5) is 16.4. The highest BCUT2D eigenvalue weighted by Crippen LogP contribution is 2.26. The van der Waals surface area contributed by atoms with Crippen LogP contribution in [-0.2, 0) is 4.79 Å². The van der Waals surface area contributed by atoms with Crippen molar-refractivity contribution < 1.29 is 4.79 Å². The van der Waals surface area contributed by atoms with Crippen molar-refractivity contribution in [1.29, 1.82) is 5.41 Å². The lowest BCUT2D eigenvalue weighted by molar-refractivity contribution is -0.114. The maximum Gasteiger partial charge on any atom is 0.283 e. The molecule has 1 aromatic heterocycles.